The fourth-order valence-corrected chi connectivity index (χ4v) is 3.31. The van der Waals surface area contributed by atoms with Crippen LogP contribution in [0.3, 0.4) is 0 Å². The molecule has 8 nitrogen and oxygen atoms in total. The van der Waals surface area contributed by atoms with Gasteiger partial charge in [-0.3, -0.25) is 19.2 Å². The fourth-order valence-electron chi connectivity index (χ4n) is 3.22. The summed E-state index contributed by atoms with van der Waals surface area (Å²) in [6.45, 7) is 3.83. The zero-order chi connectivity index (χ0) is 24.9. The van der Waals surface area contributed by atoms with Gasteiger partial charge in [0.05, 0.1) is 6.42 Å². The highest BCUT2D eigenvalue weighted by molar-refractivity contribution is 7.80. The lowest BCUT2D eigenvalue weighted by Gasteiger charge is -2.22. The molecule has 34 heavy (non-hydrogen) atoms. The summed E-state index contributed by atoms with van der Waals surface area (Å²) in [5.74, 6) is -0.582. The van der Waals surface area contributed by atoms with E-state index in [1.54, 1.807) is 6.92 Å². The Balaban J connectivity index is 2.04. The summed E-state index contributed by atoms with van der Waals surface area (Å²) >= 11 is 4.15. The molecule has 0 aromatic heterocycles. The van der Waals surface area contributed by atoms with Gasteiger partial charge in [0.25, 0.3) is 0 Å². The van der Waals surface area contributed by atoms with Crippen molar-refractivity contribution in [1.29, 1.82) is 0 Å². The van der Waals surface area contributed by atoms with Gasteiger partial charge in [0, 0.05) is 24.8 Å². The lowest BCUT2D eigenvalue weighted by molar-refractivity contribution is -0.131. The third kappa shape index (κ3) is 9.27. The Morgan fingerprint density at radius 2 is 1.50 bits per heavy atom. The minimum Gasteiger partial charge on any atom is -0.355 e. The van der Waals surface area contributed by atoms with Gasteiger partial charge >= 0.3 is 0 Å². The standard InChI is InChI=1S/C25H32N4O4S/c1-17(15-34)27-24(32)18(2)28-25(33)22(12-19-6-4-3-5-7-19)29-23(31)13-20-8-10-21(11-9-20)14-26-16-30/h3-11,16-18,22,34H,12-15H2,1-2H3,(H,26,30)(H,27,32)(H,28,33)(H,29,31)/t17-,18+,22?/m1/s1. The molecule has 2 rings (SSSR count). The normalized spacial score (nSPS) is 13.1. The van der Waals surface area contributed by atoms with Crippen LogP contribution < -0.4 is 21.3 Å². The average molecular weight is 485 g/mol. The summed E-state index contributed by atoms with van der Waals surface area (Å²) in [5.41, 5.74) is 2.58. The van der Waals surface area contributed by atoms with Crippen LogP contribution >= 0.6 is 12.6 Å². The number of rotatable bonds is 13. The van der Waals surface area contributed by atoms with E-state index in [0.29, 0.717) is 18.7 Å². The molecule has 4 N–H and O–H groups in total. The molecule has 1 unspecified atom stereocenters. The average Bonchev–Trinajstić information content (AvgIpc) is 2.83. The summed E-state index contributed by atoms with van der Waals surface area (Å²) < 4.78 is 0. The van der Waals surface area contributed by atoms with E-state index in [-0.39, 0.29) is 30.7 Å². The van der Waals surface area contributed by atoms with Crippen LogP contribution in [0.1, 0.15) is 30.5 Å². The van der Waals surface area contributed by atoms with Crippen LogP contribution in [-0.4, -0.2) is 48.0 Å². The lowest BCUT2D eigenvalue weighted by atomic mass is 10.0. The van der Waals surface area contributed by atoms with Crippen molar-refractivity contribution in [2.45, 2.75) is 51.4 Å². The maximum Gasteiger partial charge on any atom is 0.243 e. The molecule has 0 aliphatic carbocycles. The summed E-state index contributed by atoms with van der Waals surface area (Å²) in [6.07, 6.45) is 1.01. The molecule has 0 fully saturated rings. The van der Waals surface area contributed by atoms with Crippen LogP contribution in [0.25, 0.3) is 0 Å². The molecular weight excluding hydrogens is 452 g/mol. The zero-order valence-corrected chi connectivity index (χ0v) is 20.3. The van der Waals surface area contributed by atoms with Gasteiger partial charge in [0.2, 0.25) is 24.1 Å². The van der Waals surface area contributed by atoms with Crippen molar-refractivity contribution < 1.29 is 19.2 Å². The number of benzene rings is 2. The first-order valence-electron chi connectivity index (χ1n) is 11.1. The minimum atomic E-state index is -0.844. The SMILES string of the molecule is C[C@H](CS)NC(=O)[C@H](C)NC(=O)C(Cc1ccccc1)NC(=O)Cc1ccc(CNC=O)cc1. The van der Waals surface area contributed by atoms with E-state index in [9.17, 15) is 19.2 Å². The monoisotopic (exact) mass is 484 g/mol. The lowest BCUT2D eigenvalue weighted by Crippen LogP contribution is -2.54. The van der Waals surface area contributed by atoms with Gasteiger partial charge in [-0.1, -0.05) is 54.6 Å². The van der Waals surface area contributed by atoms with E-state index in [2.05, 4.69) is 33.9 Å². The molecule has 0 aliphatic rings. The van der Waals surface area contributed by atoms with Crippen LogP contribution in [0.5, 0.6) is 0 Å². The van der Waals surface area contributed by atoms with E-state index >= 15 is 0 Å². The Bertz CT molecular complexity index is 953. The molecule has 3 atom stereocenters. The molecule has 0 saturated heterocycles. The third-order valence-electron chi connectivity index (χ3n) is 5.13. The Morgan fingerprint density at radius 3 is 2.12 bits per heavy atom. The number of thiol groups is 1. The van der Waals surface area contributed by atoms with Crippen LogP contribution in [0.4, 0.5) is 0 Å². The van der Waals surface area contributed by atoms with Gasteiger partial charge in [-0.05, 0) is 30.5 Å². The van der Waals surface area contributed by atoms with Gasteiger partial charge in [-0.2, -0.15) is 12.6 Å². The first-order valence-corrected chi connectivity index (χ1v) is 11.7. The zero-order valence-electron chi connectivity index (χ0n) is 19.4. The molecule has 9 heteroatoms. The Morgan fingerprint density at radius 1 is 0.853 bits per heavy atom. The second kappa shape index (κ2) is 14.0. The predicted octanol–water partition coefficient (Wildman–Crippen LogP) is 1.14. The highest BCUT2D eigenvalue weighted by Crippen LogP contribution is 2.07. The molecule has 0 radical (unpaired) electrons. The van der Waals surface area contributed by atoms with E-state index in [0.717, 1.165) is 16.7 Å². The molecule has 0 saturated carbocycles. The number of nitrogens with one attached hydrogen (secondary N) is 4. The van der Waals surface area contributed by atoms with Crippen molar-refractivity contribution in [3.8, 4) is 0 Å². The smallest absolute Gasteiger partial charge is 0.243 e. The van der Waals surface area contributed by atoms with Crippen LogP contribution in [0.2, 0.25) is 0 Å². The summed E-state index contributed by atoms with van der Waals surface area (Å²) in [7, 11) is 0. The number of amides is 4. The molecule has 0 spiro atoms. The van der Waals surface area contributed by atoms with Gasteiger partial charge < -0.3 is 21.3 Å². The van der Waals surface area contributed by atoms with Crippen molar-refractivity contribution in [3.63, 3.8) is 0 Å². The molecular formula is C25H32N4O4S. The second-order valence-corrected chi connectivity index (χ2v) is 8.49. The molecule has 2 aromatic rings. The maximum atomic E-state index is 13.0. The van der Waals surface area contributed by atoms with Crippen molar-refractivity contribution in [2.24, 2.45) is 0 Å². The number of hydrogen-bond acceptors (Lipinski definition) is 5. The fraction of sp³-hybridized carbons (Fsp3) is 0.360. The van der Waals surface area contributed by atoms with Gasteiger partial charge in [0.1, 0.15) is 12.1 Å². The number of hydrogen-bond donors (Lipinski definition) is 5. The Kier molecular flexibility index (Phi) is 11.1. The van der Waals surface area contributed by atoms with Crippen LogP contribution in [0.15, 0.2) is 54.6 Å². The second-order valence-electron chi connectivity index (χ2n) is 8.12. The topological polar surface area (TPSA) is 116 Å². The quantitative estimate of drug-likeness (QED) is 0.217. The van der Waals surface area contributed by atoms with Crippen molar-refractivity contribution in [1.82, 2.24) is 21.3 Å². The Labute approximate surface area is 205 Å². The Hall–Kier alpha value is -3.33. The van der Waals surface area contributed by atoms with Gasteiger partial charge in [-0.15, -0.1) is 0 Å². The molecule has 0 heterocycles. The largest absolute Gasteiger partial charge is 0.355 e. The molecule has 2 aromatic carbocycles. The first-order chi connectivity index (χ1) is 16.3. The van der Waals surface area contributed by atoms with E-state index in [4.69, 9.17) is 0 Å². The third-order valence-corrected chi connectivity index (χ3v) is 5.67. The highest BCUT2D eigenvalue weighted by atomic mass is 32.1. The number of carbonyl (C=O) groups excluding carboxylic acids is 4. The molecule has 0 aliphatic heterocycles. The molecule has 182 valence electrons. The summed E-state index contributed by atoms with van der Waals surface area (Å²) in [5, 5.41) is 10.9. The predicted molar refractivity (Wildman–Crippen MR) is 134 cm³/mol. The van der Waals surface area contributed by atoms with Gasteiger partial charge in [-0.25, -0.2) is 0 Å². The van der Waals surface area contributed by atoms with Crippen LogP contribution in [0, 0.1) is 0 Å². The number of carbonyl (C=O) groups is 4. The maximum absolute atomic E-state index is 13.0. The molecule has 4 amide bonds. The van der Waals surface area contributed by atoms with Gasteiger partial charge in [0.15, 0.2) is 0 Å². The van der Waals surface area contributed by atoms with Crippen LogP contribution in [-0.2, 0) is 38.6 Å². The highest BCUT2D eigenvalue weighted by Gasteiger charge is 2.25. The van der Waals surface area contributed by atoms with Crippen molar-refractivity contribution in [3.05, 3.63) is 71.3 Å². The van der Waals surface area contributed by atoms with Crippen molar-refractivity contribution >= 4 is 36.8 Å². The minimum absolute atomic E-state index is 0.0927. The van der Waals surface area contributed by atoms with Crippen molar-refractivity contribution in [2.75, 3.05) is 5.75 Å². The summed E-state index contributed by atoms with van der Waals surface area (Å²) in [6, 6.07) is 14.9. The first kappa shape index (κ1) is 26.9. The van der Waals surface area contributed by atoms with E-state index in [1.807, 2.05) is 61.5 Å². The van der Waals surface area contributed by atoms with E-state index < -0.39 is 18.0 Å². The molecule has 0 bridgehead atoms. The summed E-state index contributed by atoms with van der Waals surface area (Å²) in [4.78, 5) is 48.5. The van der Waals surface area contributed by atoms with E-state index in [1.165, 1.54) is 0 Å².